The van der Waals surface area contributed by atoms with Crippen LogP contribution in [0.4, 0.5) is 5.13 Å². The molecule has 0 bridgehead atoms. The van der Waals surface area contributed by atoms with Crippen molar-refractivity contribution in [1.29, 1.82) is 0 Å². The van der Waals surface area contributed by atoms with Gasteiger partial charge in [-0.1, -0.05) is 21.8 Å². The zero-order valence-electron chi connectivity index (χ0n) is 9.57. The van der Waals surface area contributed by atoms with Gasteiger partial charge in [0.1, 0.15) is 10.7 Å². The van der Waals surface area contributed by atoms with Crippen LogP contribution in [-0.4, -0.2) is 32.3 Å². The maximum absolute atomic E-state index is 11.5. The van der Waals surface area contributed by atoms with E-state index in [0.29, 0.717) is 15.9 Å². The van der Waals surface area contributed by atoms with Crippen molar-refractivity contribution in [3.05, 3.63) is 29.8 Å². The van der Waals surface area contributed by atoms with Crippen molar-refractivity contribution in [2.24, 2.45) is 5.73 Å². The Kier molecular flexibility index (Phi) is 4.31. The summed E-state index contributed by atoms with van der Waals surface area (Å²) >= 11 is 5.82. The Morgan fingerprint density at radius 3 is 2.74 bits per heavy atom. The van der Waals surface area contributed by atoms with Gasteiger partial charge in [0, 0.05) is 17.1 Å². The average molecular weight is 295 g/mol. The summed E-state index contributed by atoms with van der Waals surface area (Å²) in [5.74, 6) is 0.211. The molecule has 19 heavy (non-hydrogen) atoms. The van der Waals surface area contributed by atoms with Crippen LogP contribution in [0.3, 0.4) is 0 Å². The molecule has 0 aliphatic heterocycles. The van der Waals surface area contributed by atoms with E-state index in [2.05, 4.69) is 20.1 Å². The normalized spacial score (nSPS) is 9.89. The second-order valence-electron chi connectivity index (χ2n) is 3.39. The molecule has 7 nitrogen and oxygen atoms in total. The molecule has 0 atom stereocenters. The minimum Gasteiger partial charge on any atom is -0.484 e. The van der Waals surface area contributed by atoms with E-state index in [1.807, 2.05) is 0 Å². The number of ether oxygens (including phenoxy) is 1. The Morgan fingerprint density at radius 1 is 1.42 bits per heavy atom. The van der Waals surface area contributed by atoms with E-state index in [-0.39, 0.29) is 12.5 Å². The Balaban J connectivity index is 1.84. The summed E-state index contributed by atoms with van der Waals surface area (Å²) in [6.07, 6.45) is 0. The highest BCUT2D eigenvalue weighted by Crippen LogP contribution is 2.12. The first-order chi connectivity index (χ1) is 9.15. The molecule has 0 unspecified atom stereocenters. The van der Waals surface area contributed by atoms with Gasteiger partial charge in [0.2, 0.25) is 5.13 Å². The summed E-state index contributed by atoms with van der Waals surface area (Å²) in [4.78, 5) is 11.8. The summed E-state index contributed by atoms with van der Waals surface area (Å²) in [6.45, 7) is -0.133. The van der Waals surface area contributed by atoms with E-state index in [0.717, 1.165) is 17.1 Å². The average Bonchev–Trinajstić information content (AvgIpc) is 2.89. The molecule has 98 valence electrons. The zero-order chi connectivity index (χ0) is 13.7. The lowest BCUT2D eigenvalue weighted by atomic mass is 10.2. The maximum atomic E-state index is 11.5. The SMILES string of the molecule is NC(=S)c1ccc(OCC(=O)Nc2nnns2)cc1. The number of nitrogens with one attached hydrogen (secondary N) is 1. The van der Waals surface area contributed by atoms with Crippen LogP contribution in [0.25, 0.3) is 0 Å². The molecule has 1 amide bonds. The number of amides is 1. The van der Waals surface area contributed by atoms with Crippen molar-refractivity contribution in [3.63, 3.8) is 0 Å². The highest BCUT2D eigenvalue weighted by atomic mass is 32.1. The van der Waals surface area contributed by atoms with Crippen LogP contribution in [0.15, 0.2) is 24.3 Å². The van der Waals surface area contributed by atoms with Gasteiger partial charge in [-0.05, 0) is 29.5 Å². The Hall–Kier alpha value is -2.13. The number of aromatic nitrogens is 3. The van der Waals surface area contributed by atoms with Gasteiger partial charge in [-0.2, -0.15) is 0 Å². The van der Waals surface area contributed by atoms with Gasteiger partial charge in [0.15, 0.2) is 6.61 Å². The number of nitrogens with zero attached hydrogens (tertiary/aromatic N) is 3. The fraction of sp³-hybridized carbons (Fsp3) is 0.100. The number of hydrogen-bond acceptors (Lipinski definition) is 7. The topological polar surface area (TPSA) is 103 Å². The van der Waals surface area contributed by atoms with E-state index in [1.54, 1.807) is 24.3 Å². The van der Waals surface area contributed by atoms with Crippen molar-refractivity contribution in [1.82, 2.24) is 14.8 Å². The summed E-state index contributed by atoms with van der Waals surface area (Å²) in [5, 5.41) is 9.77. The first-order valence-corrected chi connectivity index (χ1v) is 6.31. The molecule has 2 rings (SSSR count). The third-order valence-corrected chi connectivity index (χ3v) is 2.80. The van der Waals surface area contributed by atoms with Gasteiger partial charge < -0.3 is 10.5 Å². The van der Waals surface area contributed by atoms with Gasteiger partial charge in [0.05, 0.1) is 0 Å². The van der Waals surface area contributed by atoms with E-state index < -0.39 is 0 Å². The fourth-order valence-electron chi connectivity index (χ4n) is 1.20. The van der Waals surface area contributed by atoms with Crippen LogP contribution < -0.4 is 15.8 Å². The minimum absolute atomic E-state index is 0.133. The Morgan fingerprint density at radius 2 is 2.16 bits per heavy atom. The number of thiocarbonyl (C=S) groups is 1. The molecule has 0 spiro atoms. The van der Waals surface area contributed by atoms with Crippen LogP contribution in [0, 0.1) is 0 Å². The predicted octanol–water partition coefficient (Wildman–Crippen LogP) is 0.585. The fourth-order valence-corrected chi connectivity index (χ4v) is 1.72. The van der Waals surface area contributed by atoms with Crippen molar-refractivity contribution >= 4 is 39.8 Å². The van der Waals surface area contributed by atoms with Crippen LogP contribution >= 0.6 is 23.8 Å². The van der Waals surface area contributed by atoms with Crippen molar-refractivity contribution in [3.8, 4) is 5.75 Å². The number of carbonyl (C=O) groups excluding carboxylic acids is 1. The van der Waals surface area contributed by atoms with Crippen molar-refractivity contribution < 1.29 is 9.53 Å². The number of carbonyl (C=O) groups is 1. The molecule has 0 fully saturated rings. The summed E-state index contributed by atoms with van der Waals surface area (Å²) < 4.78 is 8.81. The Labute approximate surface area is 117 Å². The summed E-state index contributed by atoms with van der Waals surface area (Å²) in [6, 6.07) is 6.83. The molecule has 9 heteroatoms. The third kappa shape index (κ3) is 3.93. The molecule has 0 saturated carbocycles. The molecule has 1 aromatic heterocycles. The molecule has 3 N–H and O–H groups in total. The summed E-state index contributed by atoms with van der Waals surface area (Å²) in [7, 11) is 0. The van der Waals surface area contributed by atoms with Gasteiger partial charge in [-0.25, -0.2) is 0 Å². The van der Waals surface area contributed by atoms with Crippen molar-refractivity contribution in [2.75, 3.05) is 11.9 Å². The number of nitrogens with two attached hydrogens (primary N) is 1. The van der Waals surface area contributed by atoms with Crippen LogP contribution in [0.5, 0.6) is 5.75 Å². The summed E-state index contributed by atoms with van der Waals surface area (Å²) in [5.41, 5.74) is 6.21. The first-order valence-electron chi connectivity index (χ1n) is 5.12. The lowest BCUT2D eigenvalue weighted by molar-refractivity contribution is -0.118. The lowest BCUT2D eigenvalue weighted by Gasteiger charge is -2.06. The van der Waals surface area contributed by atoms with Gasteiger partial charge in [-0.15, -0.1) is 0 Å². The standard InChI is InChI=1S/C10H9N5O2S2/c11-9(18)6-1-3-7(4-2-6)17-5-8(16)12-10-13-14-15-19-10/h1-4H,5H2,(H2,11,18)(H,12,13,15,16). The number of hydrogen-bond donors (Lipinski definition) is 2. The maximum Gasteiger partial charge on any atom is 0.264 e. The molecule has 0 saturated heterocycles. The molecular weight excluding hydrogens is 286 g/mol. The molecule has 0 radical (unpaired) electrons. The van der Waals surface area contributed by atoms with E-state index >= 15 is 0 Å². The monoisotopic (exact) mass is 295 g/mol. The first kappa shape index (κ1) is 13.3. The Bertz CT molecular complexity index is 570. The second-order valence-corrected chi connectivity index (χ2v) is 4.57. The minimum atomic E-state index is -0.336. The highest BCUT2D eigenvalue weighted by molar-refractivity contribution is 7.80. The molecule has 2 aromatic rings. The second kappa shape index (κ2) is 6.16. The highest BCUT2D eigenvalue weighted by Gasteiger charge is 2.06. The number of rotatable bonds is 5. The van der Waals surface area contributed by atoms with Gasteiger partial charge >= 0.3 is 0 Å². The predicted molar refractivity (Wildman–Crippen MR) is 74.2 cm³/mol. The van der Waals surface area contributed by atoms with Gasteiger partial charge in [-0.3, -0.25) is 10.1 Å². The number of benzene rings is 1. The smallest absolute Gasteiger partial charge is 0.264 e. The molecule has 0 aliphatic rings. The van der Waals surface area contributed by atoms with Crippen molar-refractivity contribution in [2.45, 2.75) is 0 Å². The van der Waals surface area contributed by atoms with E-state index in [9.17, 15) is 4.79 Å². The van der Waals surface area contributed by atoms with E-state index in [4.69, 9.17) is 22.7 Å². The number of anilines is 1. The zero-order valence-corrected chi connectivity index (χ0v) is 11.2. The molecule has 0 aliphatic carbocycles. The largest absolute Gasteiger partial charge is 0.484 e. The van der Waals surface area contributed by atoms with E-state index in [1.165, 1.54) is 0 Å². The molecular formula is C10H9N5O2S2. The third-order valence-electron chi connectivity index (χ3n) is 2.05. The van der Waals surface area contributed by atoms with Crippen LogP contribution in [0.2, 0.25) is 0 Å². The molecule has 1 aromatic carbocycles. The lowest BCUT2D eigenvalue weighted by Crippen LogP contribution is -2.20. The van der Waals surface area contributed by atoms with Crippen LogP contribution in [-0.2, 0) is 4.79 Å². The quantitative estimate of drug-likeness (QED) is 0.778. The van der Waals surface area contributed by atoms with Crippen LogP contribution in [0.1, 0.15) is 5.56 Å². The van der Waals surface area contributed by atoms with Gasteiger partial charge in [0.25, 0.3) is 5.91 Å². The molecule has 1 heterocycles.